The molecular formula is C16H17ClFNO3S. The average Bonchev–Trinajstić information content (AvgIpc) is 2.48. The minimum absolute atomic E-state index is 0.0724. The summed E-state index contributed by atoms with van der Waals surface area (Å²) in [5.74, 6) is -0.156. The van der Waals surface area contributed by atoms with Gasteiger partial charge in [0.2, 0.25) is 10.0 Å². The molecule has 0 aliphatic rings. The van der Waals surface area contributed by atoms with E-state index in [1.54, 1.807) is 18.2 Å². The molecule has 1 N–H and O–H groups in total. The molecule has 0 spiro atoms. The van der Waals surface area contributed by atoms with Crippen molar-refractivity contribution in [1.29, 1.82) is 0 Å². The van der Waals surface area contributed by atoms with Crippen molar-refractivity contribution < 1.29 is 17.5 Å². The van der Waals surface area contributed by atoms with E-state index in [-0.39, 0.29) is 23.1 Å². The highest BCUT2D eigenvalue weighted by atomic mass is 35.5. The van der Waals surface area contributed by atoms with Gasteiger partial charge in [-0.3, -0.25) is 0 Å². The first-order valence-electron chi connectivity index (χ1n) is 6.94. The van der Waals surface area contributed by atoms with Crippen LogP contribution in [0.2, 0.25) is 5.02 Å². The van der Waals surface area contributed by atoms with Gasteiger partial charge in [-0.15, -0.1) is 0 Å². The van der Waals surface area contributed by atoms with Crippen LogP contribution < -0.4 is 9.46 Å². The second-order valence-electron chi connectivity index (χ2n) is 5.07. The zero-order valence-corrected chi connectivity index (χ0v) is 14.3. The quantitative estimate of drug-likeness (QED) is 0.805. The van der Waals surface area contributed by atoms with Gasteiger partial charge in [-0.05, 0) is 55.3 Å². The van der Waals surface area contributed by atoms with E-state index in [2.05, 4.69) is 4.72 Å². The van der Waals surface area contributed by atoms with Crippen molar-refractivity contribution in [2.45, 2.75) is 18.7 Å². The molecular weight excluding hydrogens is 341 g/mol. The van der Waals surface area contributed by atoms with Crippen molar-refractivity contribution in [2.75, 3.05) is 13.2 Å². The molecule has 4 nitrogen and oxygen atoms in total. The van der Waals surface area contributed by atoms with Gasteiger partial charge in [0.05, 0.1) is 9.92 Å². The molecule has 0 amide bonds. The van der Waals surface area contributed by atoms with E-state index in [9.17, 15) is 12.8 Å². The lowest BCUT2D eigenvalue weighted by molar-refractivity contribution is 0.322. The average molecular weight is 358 g/mol. The third-order valence-corrected chi connectivity index (χ3v) is 5.09. The zero-order valence-electron chi connectivity index (χ0n) is 12.8. The van der Waals surface area contributed by atoms with E-state index in [4.69, 9.17) is 16.3 Å². The molecule has 0 radical (unpaired) electrons. The highest BCUT2D eigenvalue weighted by molar-refractivity contribution is 7.89. The summed E-state index contributed by atoms with van der Waals surface area (Å²) in [5.41, 5.74) is 1.93. The largest absolute Gasteiger partial charge is 0.491 e. The van der Waals surface area contributed by atoms with E-state index in [0.717, 1.165) is 17.2 Å². The fourth-order valence-corrected chi connectivity index (χ4v) is 3.21. The summed E-state index contributed by atoms with van der Waals surface area (Å²) >= 11 is 5.82. The standard InChI is InChI=1S/C16H17ClFNO3S/c1-11-3-5-14(9-12(11)2)23(20,21)19-7-8-22-16-6-4-13(18)10-15(16)17/h3-6,9-10,19H,7-8H2,1-2H3. The summed E-state index contributed by atoms with van der Waals surface area (Å²) in [6.07, 6.45) is 0. The molecule has 0 saturated heterocycles. The lowest BCUT2D eigenvalue weighted by Gasteiger charge is -2.10. The number of aryl methyl sites for hydroxylation is 2. The normalized spacial score (nSPS) is 11.5. The van der Waals surface area contributed by atoms with Gasteiger partial charge in [0.25, 0.3) is 0 Å². The van der Waals surface area contributed by atoms with Crippen LogP contribution in [0.25, 0.3) is 0 Å². The van der Waals surface area contributed by atoms with E-state index in [0.29, 0.717) is 5.75 Å². The van der Waals surface area contributed by atoms with Gasteiger partial charge in [0.1, 0.15) is 18.2 Å². The summed E-state index contributed by atoms with van der Waals surface area (Å²) in [5, 5.41) is 0.141. The summed E-state index contributed by atoms with van der Waals surface area (Å²) in [4.78, 5) is 0.209. The number of hydrogen-bond donors (Lipinski definition) is 1. The number of sulfonamides is 1. The van der Waals surface area contributed by atoms with E-state index in [1.165, 1.54) is 12.1 Å². The highest BCUT2D eigenvalue weighted by Gasteiger charge is 2.14. The van der Waals surface area contributed by atoms with Crippen LogP contribution >= 0.6 is 11.6 Å². The van der Waals surface area contributed by atoms with Gasteiger partial charge in [0, 0.05) is 6.54 Å². The van der Waals surface area contributed by atoms with E-state index >= 15 is 0 Å². The second-order valence-corrected chi connectivity index (χ2v) is 7.24. The Morgan fingerprint density at radius 1 is 1.13 bits per heavy atom. The molecule has 0 bridgehead atoms. The number of hydrogen-bond acceptors (Lipinski definition) is 3. The zero-order chi connectivity index (χ0) is 17.0. The third-order valence-electron chi connectivity index (χ3n) is 3.33. The Hall–Kier alpha value is -1.63. The van der Waals surface area contributed by atoms with Crippen LogP contribution in [0, 0.1) is 19.7 Å². The van der Waals surface area contributed by atoms with Crippen molar-refractivity contribution in [3.05, 3.63) is 58.4 Å². The fraction of sp³-hybridized carbons (Fsp3) is 0.250. The Morgan fingerprint density at radius 3 is 2.52 bits per heavy atom. The van der Waals surface area contributed by atoms with Crippen LogP contribution in [-0.2, 0) is 10.0 Å². The molecule has 2 aromatic carbocycles. The highest BCUT2D eigenvalue weighted by Crippen LogP contribution is 2.24. The van der Waals surface area contributed by atoms with Crippen LogP contribution in [0.4, 0.5) is 4.39 Å². The maximum Gasteiger partial charge on any atom is 0.240 e. The van der Waals surface area contributed by atoms with Crippen molar-refractivity contribution in [3.8, 4) is 5.75 Å². The Kier molecular flexibility index (Phi) is 5.62. The molecule has 0 saturated carbocycles. The fourth-order valence-electron chi connectivity index (χ4n) is 1.89. The Labute approximate surface area is 140 Å². The summed E-state index contributed by atoms with van der Waals surface area (Å²) < 4.78 is 45.1. The lowest BCUT2D eigenvalue weighted by Crippen LogP contribution is -2.28. The van der Waals surface area contributed by atoms with Gasteiger partial charge < -0.3 is 4.74 Å². The van der Waals surface area contributed by atoms with Gasteiger partial charge in [-0.2, -0.15) is 0 Å². The molecule has 0 heterocycles. The monoisotopic (exact) mass is 357 g/mol. The van der Waals surface area contributed by atoms with Crippen molar-refractivity contribution >= 4 is 21.6 Å². The van der Waals surface area contributed by atoms with Crippen molar-refractivity contribution in [2.24, 2.45) is 0 Å². The van der Waals surface area contributed by atoms with Crippen LogP contribution in [0.1, 0.15) is 11.1 Å². The maximum atomic E-state index is 12.9. The van der Waals surface area contributed by atoms with E-state index < -0.39 is 15.8 Å². The third kappa shape index (κ3) is 4.67. The van der Waals surface area contributed by atoms with Crippen LogP contribution in [0.3, 0.4) is 0 Å². The van der Waals surface area contributed by atoms with Gasteiger partial charge >= 0.3 is 0 Å². The molecule has 124 valence electrons. The Bertz CT molecular complexity index is 809. The van der Waals surface area contributed by atoms with Gasteiger partial charge in [0.15, 0.2) is 0 Å². The van der Waals surface area contributed by atoms with Gasteiger partial charge in [-0.1, -0.05) is 17.7 Å². The van der Waals surface area contributed by atoms with Crippen molar-refractivity contribution in [1.82, 2.24) is 4.72 Å². The predicted octanol–water partition coefficient (Wildman–Crippen LogP) is 3.45. The minimum atomic E-state index is -3.59. The minimum Gasteiger partial charge on any atom is -0.491 e. The first-order valence-corrected chi connectivity index (χ1v) is 8.80. The Morgan fingerprint density at radius 2 is 1.87 bits per heavy atom. The van der Waals surface area contributed by atoms with Crippen LogP contribution in [0.5, 0.6) is 5.75 Å². The van der Waals surface area contributed by atoms with Crippen LogP contribution in [-0.4, -0.2) is 21.6 Å². The summed E-state index contributed by atoms with van der Waals surface area (Å²) in [6.45, 7) is 3.92. The molecule has 23 heavy (non-hydrogen) atoms. The lowest BCUT2D eigenvalue weighted by atomic mass is 10.1. The molecule has 0 unspecified atom stereocenters. The summed E-state index contributed by atoms with van der Waals surface area (Å²) in [6, 6.07) is 8.70. The molecule has 0 aliphatic heterocycles. The second kappa shape index (κ2) is 7.29. The topological polar surface area (TPSA) is 55.4 Å². The SMILES string of the molecule is Cc1ccc(S(=O)(=O)NCCOc2ccc(F)cc2Cl)cc1C. The number of rotatable bonds is 6. The van der Waals surface area contributed by atoms with Crippen LogP contribution in [0.15, 0.2) is 41.3 Å². The molecule has 0 aliphatic carbocycles. The maximum absolute atomic E-state index is 12.9. The first kappa shape index (κ1) is 17.7. The predicted molar refractivity (Wildman–Crippen MR) is 88.0 cm³/mol. The molecule has 0 fully saturated rings. The van der Waals surface area contributed by atoms with Crippen molar-refractivity contribution in [3.63, 3.8) is 0 Å². The smallest absolute Gasteiger partial charge is 0.240 e. The number of benzene rings is 2. The number of ether oxygens (including phenoxy) is 1. The molecule has 7 heteroatoms. The number of nitrogens with one attached hydrogen (secondary N) is 1. The van der Waals surface area contributed by atoms with E-state index in [1.807, 2.05) is 13.8 Å². The summed E-state index contributed by atoms with van der Waals surface area (Å²) in [7, 11) is -3.59. The first-order chi connectivity index (χ1) is 10.8. The molecule has 2 rings (SSSR count). The Balaban J connectivity index is 1.93. The molecule has 2 aromatic rings. The van der Waals surface area contributed by atoms with Gasteiger partial charge in [-0.25, -0.2) is 17.5 Å². The molecule has 0 aromatic heterocycles. The number of halogens is 2. The molecule has 0 atom stereocenters.